The Morgan fingerprint density at radius 1 is 1.43 bits per heavy atom. The fourth-order valence-corrected chi connectivity index (χ4v) is 3.86. The van der Waals surface area contributed by atoms with E-state index in [1.165, 1.54) is 16.6 Å². The molecule has 21 heavy (non-hydrogen) atoms. The maximum absolute atomic E-state index is 11.7. The van der Waals surface area contributed by atoms with Gasteiger partial charge in [-0.15, -0.1) is 11.3 Å². The normalized spacial score (nSPS) is 12.1. The molecule has 110 valence electrons. The zero-order valence-electron chi connectivity index (χ0n) is 12.3. The van der Waals surface area contributed by atoms with E-state index >= 15 is 0 Å². The number of esters is 1. The number of aromatic nitrogens is 2. The standard InChI is InChI=1S/C14H15N3O2S2/c1-7(5-15)19-11(18)6-20-13-12-8(2)9(3)21-14(12)17-10(4)16-13/h7H,6H2,1-4H3/t7-/m0/s1. The van der Waals surface area contributed by atoms with Gasteiger partial charge in [-0.05, 0) is 33.3 Å². The van der Waals surface area contributed by atoms with Crippen LogP contribution >= 0.6 is 23.1 Å². The summed E-state index contributed by atoms with van der Waals surface area (Å²) in [6.45, 7) is 7.47. The van der Waals surface area contributed by atoms with E-state index in [4.69, 9.17) is 10.00 Å². The van der Waals surface area contributed by atoms with Crippen molar-refractivity contribution < 1.29 is 9.53 Å². The van der Waals surface area contributed by atoms with Crippen molar-refractivity contribution in [3.05, 3.63) is 16.3 Å². The van der Waals surface area contributed by atoms with Gasteiger partial charge in [-0.1, -0.05) is 11.8 Å². The highest BCUT2D eigenvalue weighted by Gasteiger charge is 2.16. The summed E-state index contributed by atoms with van der Waals surface area (Å²) in [6, 6.07) is 1.87. The van der Waals surface area contributed by atoms with Crippen LogP contribution in [-0.2, 0) is 9.53 Å². The predicted molar refractivity (Wildman–Crippen MR) is 83.5 cm³/mol. The molecule has 0 spiro atoms. The topological polar surface area (TPSA) is 75.9 Å². The lowest BCUT2D eigenvalue weighted by Gasteiger charge is -2.07. The van der Waals surface area contributed by atoms with E-state index in [0.717, 1.165) is 20.8 Å². The van der Waals surface area contributed by atoms with Gasteiger partial charge >= 0.3 is 5.97 Å². The van der Waals surface area contributed by atoms with Crippen molar-refractivity contribution >= 4 is 39.3 Å². The highest BCUT2D eigenvalue weighted by Crippen LogP contribution is 2.35. The largest absolute Gasteiger partial charge is 0.447 e. The van der Waals surface area contributed by atoms with Gasteiger partial charge in [0, 0.05) is 10.3 Å². The molecular weight excluding hydrogens is 306 g/mol. The Hall–Kier alpha value is -1.65. The number of ether oxygens (including phenoxy) is 1. The van der Waals surface area contributed by atoms with Crippen LogP contribution in [0.4, 0.5) is 0 Å². The van der Waals surface area contributed by atoms with Crippen molar-refractivity contribution in [3.8, 4) is 6.07 Å². The minimum absolute atomic E-state index is 0.131. The molecule has 2 aromatic heterocycles. The van der Waals surface area contributed by atoms with Crippen LogP contribution in [-0.4, -0.2) is 27.8 Å². The molecule has 0 radical (unpaired) electrons. The van der Waals surface area contributed by atoms with Gasteiger partial charge in [-0.3, -0.25) is 4.79 Å². The minimum atomic E-state index is -0.726. The van der Waals surface area contributed by atoms with Gasteiger partial charge in [0.25, 0.3) is 0 Å². The van der Waals surface area contributed by atoms with Crippen molar-refractivity contribution in [1.29, 1.82) is 5.26 Å². The smallest absolute Gasteiger partial charge is 0.317 e. The number of thioether (sulfide) groups is 1. The third-order valence-electron chi connectivity index (χ3n) is 2.92. The van der Waals surface area contributed by atoms with Gasteiger partial charge < -0.3 is 4.74 Å². The van der Waals surface area contributed by atoms with Crippen LogP contribution in [0.1, 0.15) is 23.2 Å². The molecule has 0 unspecified atom stereocenters. The molecule has 0 fully saturated rings. The maximum atomic E-state index is 11.7. The molecule has 0 saturated heterocycles. The van der Waals surface area contributed by atoms with Gasteiger partial charge in [-0.25, -0.2) is 9.97 Å². The molecule has 0 amide bonds. The van der Waals surface area contributed by atoms with Crippen molar-refractivity contribution in [2.75, 3.05) is 5.75 Å². The first-order valence-corrected chi connectivity index (χ1v) is 8.18. The summed E-state index contributed by atoms with van der Waals surface area (Å²) in [5.41, 5.74) is 1.15. The summed E-state index contributed by atoms with van der Waals surface area (Å²) in [5.74, 6) is 0.402. The summed E-state index contributed by atoms with van der Waals surface area (Å²) < 4.78 is 4.94. The maximum Gasteiger partial charge on any atom is 0.317 e. The molecule has 2 heterocycles. The van der Waals surface area contributed by atoms with E-state index in [1.807, 2.05) is 26.8 Å². The van der Waals surface area contributed by atoms with E-state index in [2.05, 4.69) is 9.97 Å². The molecule has 0 aliphatic rings. The second kappa shape index (κ2) is 6.41. The van der Waals surface area contributed by atoms with Gasteiger partial charge in [0.2, 0.25) is 0 Å². The molecule has 0 aromatic carbocycles. The minimum Gasteiger partial charge on any atom is -0.447 e. The van der Waals surface area contributed by atoms with Crippen LogP contribution in [0.5, 0.6) is 0 Å². The molecule has 1 atom stereocenters. The van der Waals surface area contributed by atoms with Crippen molar-refractivity contribution in [3.63, 3.8) is 0 Å². The average molecular weight is 321 g/mol. The molecule has 0 aliphatic carbocycles. The quantitative estimate of drug-likeness (QED) is 0.489. The van der Waals surface area contributed by atoms with Gasteiger partial charge in [-0.2, -0.15) is 5.26 Å². The van der Waals surface area contributed by atoms with Gasteiger partial charge in [0.05, 0.1) is 5.75 Å². The molecular formula is C14H15N3O2S2. The predicted octanol–water partition coefficient (Wildman–Crippen LogP) is 3.16. The number of aryl methyl sites for hydroxylation is 3. The molecule has 0 bridgehead atoms. The average Bonchev–Trinajstić information content (AvgIpc) is 2.71. The summed E-state index contributed by atoms with van der Waals surface area (Å²) in [7, 11) is 0. The first-order valence-electron chi connectivity index (χ1n) is 6.38. The Morgan fingerprint density at radius 2 is 2.14 bits per heavy atom. The molecule has 0 N–H and O–H groups in total. The lowest BCUT2D eigenvalue weighted by atomic mass is 10.2. The van der Waals surface area contributed by atoms with Crippen LogP contribution in [0.25, 0.3) is 10.2 Å². The fourth-order valence-electron chi connectivity index (χ4n) is 1.80. The monoisotopic (exact) mass is 321 g/mol. The first kappa shape index (κ1) is 15.7. The molecule has 0 aliphatic heterocycles. The number of fused-ring (bicyclic) bond motifs is 1. The van der Waals surface area contributed by atoms with Crippen molar-refractivity contribution in [2.24, 2.45) is 0 Å². The zero-order chi connectivity index (χ0) is 15.6. The third-order valence-corrected chi connectivity index (χ3v) is 4.97. The third kappa shape index (κ3) is 3.52. The van der Waals surface area contributed by atoms with E-state index in [0.29, 0.717) is 5.82 Å². The van der Waals surface area contributed by atoms with Crippen molar-refractivity contribution in [2.45, 2.75) is 38.8 Å². The number of rotatable bonds is 4. The van der Waals surface area contributed by atoms with E-state index in [9.17, 15) is 4.79 Å². The second-order valence-electron chi connectivity index (χ2n) is 4.59. The number of carbonyl (C=O) groups excluding carboxylic acids is 1. The summed E-state index contributed by atoms with van der Waals surface area (Å²) >= 11 is 2.96. The van der Waals surface area contributed by atoms with Gasteiger partial charge in [0.15, 0.2) is 6.10 Å². The number of thiophene rings is 1. The van der Waals surface area contributed by atoms with Crippen LogP contribution < -0.4 is 0 Å². The lowest BCUT2D eigenvalue weighted by Crippen LogP contribution is -2.14. The van der Waals surface area contributed by atoms with Gasteiger partial charge in [0.1, 0.15) is 21.7 Å². The van der Waals surface area contributed by atoms with E-state index in [1.54, 1.807) is 18.3 Å². The zero-order valence-corrected chi connectivity index (χ0v) is 13.9. The van der Waals surface area contributed by atoms with E-state index < -0.39 is 12.1 Å². The van der Waals surface area contributed by atoms with Crippen molar-refractivity contribution in [1.82, 2.24) is 9.97 Å². The second-order valence-corrected chi connectivity index (χ2v) is 6.76. The van der Waals surface area contributed by atoms with Crippen LogP contribution in [0, 0.1) is 32.1 Å². The van der Waals surface area contributed by atoms with Crippen LogP contribution in [0.2, 0.25) is 0 Å². The van der Waals surface area contributed by atoms with Crippen LogP contribution in [0.3, 0.4) is 0 Å². The highest BCUT2D eigenvalue weighted by molar-refractivity contribution is 8.00. The fraction of sp³-hybridized carbons (Fsp3) is 0.429. The highest BCUT2D eigenvalue weighted by atomic mass is 32.2. The summed E-state index contributed by atoms with van der Waals surface area (Å²) in [6.07, 6.45) is -0.726. The Balaban J connectivity index is 2.22. The Kier molecular flexibility index (Phi) is 4.80. The molecule has 2 aromatic rings. The molecule has 7 heteroatoms. The number of carbonyl (C=O) groups is 1. The molecule has 2 rings (SSSR count). The number of hydrogen-bond donors (Lipinski definition) is 0. The Bertz CT molecular complexity index is 734. The lowest BCUT2D eigenvalue weighted by molar-refractivity contribution is -0.142. The first-order chi connectivity index (χ1) is 9.92. The number of nitriles is 1. The Morgan fingerprint density at radius 3 is 2.81 bits per heavy atom. The molecule has 0 saturated carbocycles. The summed E-state index contributed by atoms with van der Waals surface area (Å²) in [4.78, 5) is 22.7. The number of hydrogen-bond acceptors (Lipinski definition) is 7. The SMILES string of the molecule is Cc1nc(SCC(=O)O[C@@H](C)C#N)c2c(C)c(C)sc2n1. The molecule has 5 nitrogen and oxygen atoms in total. The van der Waals surface area contributed by atoms with Crippen LogP contribution in [0.15, 0.2) is 5.03 Å². The number of nitrogens with zero attached hydrogens (tertiary/aromatic N) is 3. The Labute approximate surface area is 131 Å². The van der Waals surface area contributed by atoms with E-state index in [-0.39, 0.29) is 5.75 Å². The summed E-state index contributed by atoms with van der Waals surface area (Å²) in [5, 5.41) is 10.4.